The fourth-order valence-electron chi connectivity index (χ4n) is 2.36. The van der Waals surface area contributed by atoms with Crippen molar-refractivity contribution in [2.45, 2.75) is 32.7 Å². The molecule has 0 saturated carbocycles. The van der Waals surface area contributed by atoms with Crippen LogP contribution in [0.4, 0.5) is 0 Å². The molecular formula is C13H22N2O2S. The minimum absolute atomic E-state index is 0.114. The molecule has 0 spiro atoms. The molecule has 18 heavy (non-hydrogen) atoms. The van der Waals surface area contributed by atoms with Crippen LogP contribution in [0.5, 0.6) is 0 Å². The van der Waals surface area contributed by atoms with Crippen LogP contribution in [0.2, 0.25) is 0 Å². The van der Waals surface area contributed by atoms with Crippen LogP contribution in [0.25, 0.3) is 0 Å². The monoisotopic (exact) mass is 270 g/mol. The van der Waals surface area contributed by atoms with Gasteiger partial charge in [0.05, 0.1) is 11.6 Å². The molecule has 0 aliphatic carbocycles. The lowest BCUT2D eigenvalue weighted by atomic mass is 9.84. The molecule has 102 valence electrons. The Balaban J connectivity index is 1.89. The van der Waals surface area contributed by atoms with Crippen molar-refractivity contribution < 1.29 is 9.84 Å². The lowest BCUT2D eigenvalue weighted by Crippen LogP contribution is -2.36. The number of hydrogen-bond acceptors (Lipinski definition) is 5. The number of rotatable bonds is 6. The number of aliphatic hydroxyl groups excluding tert-OH is 1. The fraction of sp³-hybridized carbons (Fsp3) is 0.769. The summed E-state index contributed by atoms with van der Waals surface area (Å²) in [4.78, 5) is 5.55. The van der Waals surface area contributed by atoms with Crippen molar-refractivity contribution in [2.75, 3.05) is 26.4 Å². The van der Waals surface area contributed by atoms with E-state index in [2.05, 4.69) is 17.2 Å². The molecule has 5 heteroatoms. The summed E-state index contributed by atoms with van der Waals surface area (Å²) in [6.07, 6.45) is 3.80. The predicted molar refractivity (Wildman–Crippen MR) is 72.8 cm³/mol. The second-order valence-corrected chi connectivity index (χ2v) is 6.43. The molecule has 0 bridgehead atoms. The highest BCUT2D eigenvalue weighted by molar-refractivity contribution is 7.11. The Kier molecular flexibility index (Phi) is 4.72. The molecule has 2 unspecified atom stereocenters. The Bertz CT molecular complexity index is 375. The van der Waals surface area contributed by atoms with E-state index in [1.165, 1.54) is 4.88 Å². The predicted octanol–water partition coefficient (Wildman–Crippen LogP) is 1.89. The van der Waals surface area contributed by atoms with Gasteiger partial charge >= 0.3 is 0 Å². The average Bonchev–Trinajstić information content (AvgIpc) is 2.97. The largest absolute Gasteiger partial charge is 0.396 e. The van der Waals surface area contributed by atoms with Gasteiger partial charge in [-0.3, -0.25) is 0 Å². The van der Waals surface area contributed by atoms with Crippen molar-refractivity contribution in [3.05, 3.63) is 16.1 Å². The highest BCUT2D eigenvalue weighted by atomic mass is 32.1. The van der Waals surface area contributed by atoms with Crippen LogP contribution in [0, 0.1) is 12.3 Å². The second kappa shape index (κ2) is 6.10. The maximum absolute atomic E-state index is 9.19. The van der Waals surface area contributed by atoms with E-state index in [1.807, 2.05) is 13.1 Å². The highest BCUT2D eigenvalue weighted by Gasteiger charge is 2.34. The molecule has 0 radical (unpaired) electrons. The number of aromatic nitrogens is 1. The first kappa shape index (κ1) is 13.9. The van der Waals surface area contributed by atoms with Gasteiger partial charge in [0.25, 0.3) is 0 Å². The Morgan fingerprint density at radius 2 is 2.50 bits per heavy atom. The van der Waals surface area contributed by atoms with Gasteiger partial charge in [-0.15, -0.1) is 11.3 Å². The standard InChI is InChI=1S/C13H22N2O2S/c1-10(12-7-14-11(2)18-12)15-8-13(3-5-16)4-6-17-9-13/h7,10,15-16H,3-6,8-9H2,1-2H3. The third-order valence-corrected chi connectivity index (χ3v) is 4.77. The van der Waals surface area contributed by atoms with Crippen LogP contribution in [0.15, 0.2) is 6.20 Å². The highest BCUT2D eigenvalue weighted by Crippen LogP contribution is 2.32. The molecular weight excluding hydrogens is 248 g/mol. The van der Waals surface area contributed by atoms with Gasteiger partial charge in [0.2, 0.25) is 0 Å². The lowest BCUT2D eigenvalue weighted by Gasteiger charge is -2.28. The van der Waals surface area contributed by atoms with Crippen LogP contribution in [0.1, 0.15) is 35.7 Å². The topological polar surface area (TPSA) is 54.4 Å². The van der Waals surface area contributed by atoms with E-state index in [0.29, 0.717) is 6.04 Å². The number of thiazole rings is 1. The summed E-state index contributed by atoms with van der Waals surface area (Å²) in [7, 11) is 0. The lowest BCUT2D eigenvalue weighted by molar-refractivity contribution is 0.122. The molecule has 2 N–H and O–H groups in total. The summed E-state index contributed by atoms with van der Waals surface area (Å²) >= 11 is 1.74. The third-order valence-electron chi connectivity index (χ3n) is 3.68. The van der Waals surface area contributed by atoms with E-state index in [-0.39, 0.29) is 12.0 Å². The van der Waals surface area contributed by atoms with E-state index in [4.69, 9.17) is 4.74 Å². The number of hydrogen-bond donors (Lipinski definition) is 2. The van der Waals surface area contributed by atoms with Crippen molar-refractivity contribution in [2.24, 2.45) is 5.41 Å². The molecule has 0 amide bonds. The SMILES string of the molecule is Cc1ncc(C(C)NCC2(CCO)CCOC2)s1. The normalized spacial score (nSPS) is 25.5. The summed E-state index contributed by atoms with van der Waals surface area (Å²) < 4.78 is 5.49. The zero-order valence-electron chi connectivity index (χ0n) is 11.1. The van der Waals surface area contributed by atoms with Gasteiger partial charge in [-0.1, -0.05) is 0 Å². The zero-order chi connectivity index (χ0) is 13.0. The maximum atomic E-state index is 9.19. The van der Waals surface area contributed by atoms with Gasteiger partial charge in [-0.25, -0.2) is 4.98 Å². The van der Waals surface area contributed by atoms with Crippen LogP contribution < -0.4 is 5.32 Å². The Hall–Kier alpha value is -0.490. The van der Waals surface area contributed by atoms with E-state index < -0.39 is 0 Å². The summed E-state index contributed by atoms with van der Waals surface area (Å²) in [5, 5.41) is 13.8. The van der Waals surface area contributed by atoms with Gasteiger partial charge in [-0.05, 0) is 26.7 Å². The first-order valence-corrected chi connectivity index (χ1v) is 7.31. The summed E-state index contributed by atoms with van der Waals surface area (Å²) in [5.41, 5.74) is 0.114. The third kappa shape index (κ3) is 3.29. The molecule has 2 atom stereocenters. The van der Waals surface area contributed by atoms with Crippen molar-refractivity contribution in [3.8, 4) is 0 Å². The van der Waals surface area contributed by atoms with Gasteiger partial charge < -0.3 is 15.2 Å². The van der Waals surface area contributed by atoms with Gasteiger partial charge in [0.1, 0.15) is 0 Å². The van der Waals surface area contributed by atoms with Gasteiger partial charge in [0, 0.05) is 42.3 Å². The average molecular weight is 270 g/mol. The molecule has 1 fully saturated rings. The quantitative estimate of drug-likeness (QED) is 0.829. The number of aryl methyl sites for hydroxylation is 1. The molecule has 0 aromatic carbocycles. The molecule has 2 rings (SSSR count). The number of ether oxygens (including phenoxy) is 1. The smallest absolute Gasteiger partial charge is 0.0897 e. The van der Waals surface area contributed by atoms with Crippen molar-refractivity contribution in [3.63, 3.8) is 0 Å². The summed E-state index contributed by atoms with van der Waals surface area (Å²) in [6.45, 7) is 6.89. The van der Waals surface area contributed by atoms with Crippen molar-refractivity contribution in [1.29, 1.82) is 0 Å². The summed E-state index contributed by atoms with van der Waals surface area (Å²) in [5.74, 6) is 0. The van der Waals surface area contributed by atoms with Crippen LogP contribution >= 0.6 is 11.3 Å². The number of aliphatic hydroxyl groups is 1. The number of nitrogens with zero attached hydrogens (tertiary/aromatic N) is 1. The van der Waals surface area contributed by atoms with E-state index >= 15 is 0 Å². The van der Waals surface area contributed by atoms with E-state index in [0.717, 1.165) is 37.6 Å². The fourth-order valence-corrected chi connectivity index (χ4v) is 3.17. The number of nitrogens with one attached hydrogen (secondary N) is 1. The van der Waals surface area contributed by atoms with Crippen LogP contribution in [-0.2, 0) is 4.74 Å². The van der Waals surface area contributed by atoms with E-state index in [9.17, 15) is 5.11 Å². The van der Waals surface area contributed by atoms with Crippen molar-refractivity contribution >= 4 is 11.3 Å². The Labute approximate surface area is 112 Å². The molecule has 1 aromatic rings. The minimum atomic E-state index is 0.114. The van der Waals surface area contributed by atoms with Crippen LogP contribution in [0.3, 0.4) is 0 Å². The van der Waals surface area contributed by atoms with Crippen molar-refractivity contribution in [1.82, 2.24) is 10.3 Å². The van der Waals surface area contributed by atoms with E-state index in [1.54, 1.807) is 11.3 Å². The molecule has 4 nitrogen and oxygen atoms in total. The molecule has 1 saturated heterocycles. The van der Waals surface area contributed by atoms with Gasteiger partial charge in [0.15, 0.2) is 0 Å². The van der Waals surface area contributed by atoms with Gasteiger partial charge in [-0.2, -0.15) is 0 Å². The maximum Gasteiger partial charge on any atom is 0.0897 e. The molecule has 1 aliphatic rings. The zero-order valence-corrected chi connectivity index (χ0v) is 11.9. The molecule has 2 heterocycles. The molecule has 1 aliphatic heterocycles. The minimum Gasteiger partial charge on any atom is -0.396 e. The molecule has 1 aromatic heterocycles. The first-order chi connectivity index (χ1) is 8.65. The first-order valence-electron chi connectivity index (χ1n) is 6.49. The second-order valence-electron chi connectivity index (χ2n) is 5.16. The summed E-state index contributed by atoms with van der Waals surface area (Å²) in [6, 6.07) is 0.312. The Morgan fingerprint density at radius 3 is 3.06 bits per heavy atom. The Morgan fingerprint density at radius 1 is 1.67 bits per heavy atom. The van der Waals surface area contributed by atoms with Crippen LogP contribution in [-0.4, -0.2) is 36.5 Å².